The fraction of sp³-hybridized carbons (Fsp3) is 0.714. The van der Waals surface area contributed by atoms with Crippen molar-refractivity contribution in [2.45, 2.75) is 39.5 Å². The van der Waals surface area contributed by atoms with Crippen molar-refractivity contribution in [3.8, 4) is 5.88 Å². The summed E-state index contributed by atoms with van der Waals surface area (Å²) in [6.45, 7) is 6.28. The summed E-state index contributed by atoms with van der Waals surface area (Å²) in [5.41, 5.74) is 0. The third kappa shape index (κ3) is 6.38. The molecule has 108 valence electrons. The summed E-state index contributed by atoms with van der Waals surface area (Å²) in [5.74, 6) is 2.30. The number of nitrogens with one attached hydrogen (secondary N) is 1. The minimum absolute atomic E-state index is 0.507. The van der Waals surface area contributed by atoms with Crippen LogP contribution >= 0.6 is 0 Å². The van der Waals surface area contributed by atoms with Gasteiger partial charge in [0.1, 0.15) is 18.2 Å². The van der Waals surface area contributed by atoms with E-state index in [-0.39, 0.29) is 0 Å². The number of methoxy groups -OCH3 is 1. The van der Waals surface area contributed by atoms with Crippen molar-refractivity contribution >= 4 is 5.82 Å². The minimum atomic E-state index is 0.507. The van der Waals surface area contributed by atoms with Gasteiger partial charge in [-0.2, -0.15) is 4.98 Å². The van der Waals surface area contributed by atoms with Crippen molar-refractivity contribution in [2.24, 2.45) is 0 Å². The van der Waals surface area contributed by atoms with Crippen LogP contribution in [0.5, 0.6) is 5.88 Å². The first kappa shape index (κ1) is 15.7. The third-order valence-electron chi connectivity index (χ3n) is 2.60. The standard InChI is InChI=1S/C14H25N3O2/c1-4-6-8-15-13-11-14(19-10-9-18-3)17-12(16-13)7-5-2/h11H,4-10H2,1-3H3,(H,15,16,17). The molecule has 0 aliphatic heterocycles. The maximum Gasteiger partial charge on any atom is 0.218 e. The number of hydrogen-bond acceptors (Lipinski definition) is 5. The van der Waals surface area contributed by atoms with Crippen molar-refractivity contribution in [3.05, 3.63) is 11.9 Å². The van der Waals surface area contributed by atoms with E-state index in [9.17, 15) is 0 Å². The van der Waals surface area contributed by atoms with Crippen LogP contribution in [0.2, 0.25) is 0 Å². The number of aryl methyl sites for hydroxylation is 1. The molecule has 0 aliphatic rings. The van der Waals surface area contributed by atoms with Crippen LogP contribution in [-0.4, -0.2) is 36.8 Å². The van der Waals surface area contributed by atoms with Gasteiger partial charge in [-0.1, -0.05) is 20.3 Å². The van der Waals surface area contributed by atoms with Crippen LogP contribution < -0.4 is 10.1 Å². The van der Waals surface area contributed by atoms with E-state index >= 15 is 0 Å². The molecule has 1 aromatic rings. The predicted molar refractivity (Wildman–Crippen MR) is 76.8 cm³/mol. The number of rotatable bonds is 10. The molecule has 0 aliphatic carbocycles. The van der Waals surface area contributed by atoms with Gasteiger partial charge in [0.15, 0.2) is 0 Å². The number of hydrogen-bond donors (Lipinski definition) is 1. The highest BCUT2D eigenvalue weighted by molar-refractivity contribution is 5.38. The van der Waals surface area contributed by atoms with Crippen molar-refractivity contribution in [1.82, 2.24) is 9.97 Å². The minimum Gasteiger partial charge on any atom is -0.475 e. The maximum atomic E-state index is 5.56. The van der Waals surface area contributed by atoms with Gasteiger partial charge in [-0.3, -0.25) is 0 Å². The Morgan fingerprint density at radius 2 is 2.00 bits per heavy atom. The van der Waals surface area contributed by atoms with Crippen LogP contribution in [0.1, 0.15) is 38.9 Å². The first-order chi connectivity index (χ1) is 9.30. The van der Waals surface area contributed by atoms with Crippen LogP contribution in [-0.2, 0) is 11.2 Å². The van der Waals surface area contributed by atoms with Gasteiger partial charge < -0.3 is 14.8 Å². The maximum absolute atomic E-state index is 5.56. The second-order valence-corrected chi connectivity index (χ2v) is 4.38. The lowest BCUT2D eigenvalue weighted by molar-refractivity contribution is 0.143. The first-order valence-electron chi connectivity index (χ1n) is 7.03. The molecule has 0 aromatic carbocycles. The van der Waals surface area contributed by atoms with Gasteiger partial charge in [0, 0.05) is 26.1 Å². The Morgan fingerprint density at radius 3 is 2.68 bits per heavy atom. The summed E-state index contributed by atoms with van der Waals surface area (Å²) < 4.78 is 10.5. The molecule has 0 spiro atoms. The van der Waals surface area contributed by atoms with Gasteiger partial charge in [0.2, 0.25) is 5.88 Å². The number of ether oxygens (including phenoxy) is 2. The van der Waals surface area contributed by atoms with Crippen LogP contribution in [0.15, 0.2) is 6.07 Å². The molecule has 0 bridgehead atoms. The molecular weight excluding hydrogens is 242 g/mol. The van der Waals surface area contributed by atoms with E-state index in [0.717, 1.165) is 43.9 Å². The average Bonchev–Trinajstić information content (AvgIpc) is 2.40. The highest BCUT2D eigenvalue weighted by atomic mass is 16.5. The number of nitrogens with zero attached hydrogens (tertiary/aromatic N) is 2. The Kier molecular flexibility index (Phi) is 7.89. The lowest BCUT2D eigenvalue weighted by Gasteiger charge is -2.10. The van der Waals surface area contributed by atoms with Crippen molar-refractivity contribution < 1.29 is 9.47 Å². The second kappa shape index (κ2) is 9.55. The average molecular weight is 267 g/mol. The highest BCUT2D eigenvalue weighted by Gasteiger charge is 2.05. The van der Waals surface area contributed by atoms with E-state index in [2.05, 4.69) is 29.1 Å². The van der Waals surface area contributed by atoms with Crippen molar-refractivity contribution in [3.63, 3.8) is 0 Å². The number of anilines is 1. The van der Waals surface area contributed by atoms with E-state index in [0.29, 0.717) is 19.1 Å². The topological polar surface area (TPSA) is 56.3 Å². The van der Waals surface area contributed by atoms with Gasteiger partial charge in [-0.25, -0.2) is 4.98 Å². The Balaban J connectivity index is 2.66. The monoisotopic (exact) mass is 267 g/mol. The number of aromatic nitrogens is 2. The fourth-order valence-electron chi connectivity index (χ4n) is 1.60. The molecule has 5 nitrogen and oxygen atoms in total. The fourth-order valence-corrected chi connectivity index (χ4v) is 1.60. The van der Waals surface area contributed by atoms with E-state index in [1.165, 1.54) is 0 Å². The molecule has 1 aromatic heterocycles. The summed E-state index contributed by atoms with van der Waals surface area (Å²) in [6, 6.07) is 1.85. The van der Waals surface area contributed by atoms with Crippen LogP contribution in [0.3, 0.4) is 0 Å². The molecule has 0 amide bonds. The van der Waals surface area contributed by atoms with Gasteiger partial charge in [-0.05, 0) is 12.8 Å². The summed E-state index contributed by atoms with van der Waals surface area (Å²) in [7, 11) is 1.66. The zero-order valence-corrected chi connectivity index (χ0v) is 12.2. The van der Waals surface area contributed by atoms with Crippen LogP contribution in [0.25, 0.3) is 0 Å². The molecule has 1 heterocycles. The number of unbranched alkanes of at least 4 members (excludes halogenated alkanes) is 1. The second-order valence-electron chi connectivity index (χ2n) is 4.38. The molecule has 0 saturated heterocycles. The van der Waals surface area contributed by atoms with Crippen molar-refractivity contribution in [2.75, 3.05) is 32.2 Å². The largest absolute Gasteiger partial charge is 0.475 e. The van der Waals surface area contributed by atoms with E-state index in [4.69, 9.17) is 9.47 Å². The molecule has 0 atom stereocenters. The Morgan fingerprint density at radius 1 is 1.16 bits per heavy atom. The molecule has 5 heteroatoms. The first-order valence-corrected chi connectivity index (χ1v) is 7.03. The Hall–Kier alpha value is -1.36. The molecule has 0 unspecified atom stereocenters. The van der Waals surface area contributed by atoms with Crippen LogP contribution in [0.4, 0.5) is 5.82 Å². The summed E-state index contributed by atoms with van der Waals surface area (Å²) in [6.07, 6.45) is 4.18. The Bertz CT molecular complexity index is 330. The Labute approximate surface area is 115 Å². The van der Waals surface area contributed by atoms with E-state index in [1.807, 2.05) is 6.07 Å². The molecule has 19 heavy (non-hydrogen) atoms. The molecule has 1 rings (SSSR count). The normalized spacial score (nSPS) is 10.5. The zero-order valence-electron chi connectivity index (χ0n) is 12.2. The van der Waals surface area contributed by atoms with Gasteiger partial charge in [0.25, 0.3) is 0 Å². The SMILES string of the molecule is CCCCNc1cc(OCCOC)nc(CCC)n1. The lowest BCUT2D eigenvalue weighted by atomic mass is 10.3. The van der Waals surface area contributed by atoms with Crippen molar-refractivity contribution in [1.29, 1.82) is 0 Å². The predicted octanol–water partition coefficient (Wildman–Crippen LogP) is 2.67. The smallest absolute Gasteiger partial charge is 0.218 e. The summed E-state index contributed by atoms with van der Waals surface area (Å²) >= 11 is 0. The van der Waals surface area contributed by atoms with E-state index < -0.39 is 0 Å². The molecular formula is C14H25N3O2. The molecule has 0 saturated carbocycles. The van der Waals surface area contributed by atoms with Gasteiger partial charge in [-0.15, -0.1) is 0 Å². The molecule has 0 fully saturated rings. The molecule has 0 radical (unpaired) electrons. The third-order valence-corrected chi connectivity index (χ3v) is 2.60. The van der Waals surface area contributed by atoms with E-state index in [1.54, 1.807) is 7.11 Å². The summed E-state index contributed by atoms with van der Waals surface area (Å²) in [4.78, 5) is 8.88. The van der Waals surface area contributed by atoms with Gasteiger partial charge in [0.05, 0.1) is 6.61 Å². The highest BCUT2D eigenvalue weighted by Crippen LogP contribution is 2.14. The quantitative estimate of drug-likeness (QED) is 0.660. The van der Waals surface area contributed by atoms with Gasteiger partial charge >= 0.3 is 0 Å². The lowest BCUT2D eigenvalue weighted by Crippen LogP contribution is -2.10. The summed E-state index contributed by atoms with van der Waals surface area (Å²) in [5, 5.41) is 3.31. The zero-order chi connectivity index (χ0) is 13.9. The molecule has 1 N–H and O–H groups in total. The van der Waals surface area contributed by atoms with Crippen LogP contribution in [0, 0.1) is 0 Å².